The number of para-hydroxylation sites is 1. The van der Waals surface area contributed by atoms with E-state index in [1.165, 1.54) is 57.7 Å². The first-order valence-corrected chi connectivity index (χ1v) is 15.3. The average molecular weight is 575 g/mol. The number of rotatable bonds is 4. The van der Waals surface area contributed by atoms with Crippen molar-refractivity contribution >= 4 is 72.4 Å². The molecule has 1 nitrogen and oxygen atoms in total. The Labute approximate surface area is 239 Å². The van der Waals surface area contributed by atoms with Gasteiger partial charge in [-0.2, -0.15) is 0 Å². The summed E-state index contributed by atoms with van der Waals surface area (Å²) in [6.45, 7) is 0. The van der Waals surface area contributed by atoms with Crippen molar-refractivity contribution in [2.75, 3.05) is 4.90 Å². The number of nitrogens with zero attached hydrogens (tertiary/aromatic N) is 1. The molecule has 1 aromatic heterocycles. The Morgan fingerprint density at radius 3 is 1.80 bits per heavy atom. The van der Waals surface area contributed by atoms with Gasteiger partial charge in [-0.25, -0.2) is 0 Å². The van der Waals surface area contributed by atoms with Crippen LogP contribution in [-0.2, 0) is 0 Å². The van der Waals surface area contributed by atoms with Gasteiger partial charge in [0.05, 0.1) is 0 Å². The fourth-order valence-corrected chi connectivity index (χ4v) is 8.64. The Hall–Kier alpha value is -4.62. The zero-order valence-corrected chi connectivity index (χ0v) is 23.5. The Kier molecular flexibility index (Phi) is 5.55. The molecule has 188 valence electrons. The number of hydrogen-bond donors (Lipinski definition) is 0. The van der Waals surface area contributed by atoms with Crippen LogP contribution in [0.25, 0.3) is 52.0 Å². The molecule has 0 saturated heterocycles. The predicted molar refractivity (Wildman–Crippen MR) is 174 cm³/mol. The molecule has 0 aliphatic carbocycles. The average Bonchev–Trinajstić information content (AvgIpc) is 3.41. The normalized spacial score (nSPS) is 11.5. The van der Waals surface area contributed by atoms with E-state index < -0.39 is 0 Å². The molecule has 0 N–H and O–H groups in total. The third-order valence-corrected chi connectivity index (χ3v) is 10.4. The Morgan fingerprint density at radius 2 is 1.02 bits per heavy atom. The van der Waals surface area contributed by atoms with Crippen molar-refractivity contribution in [1.29, 1.82) is 0 Å². The van der Waals surface area contributed by atoms with E-state index in [0.717, 1.165) is 11.4 Å². The molecule has 40 heavy (non-hydrogen) atoms. The summed E-state index contributed by atoms with van der Waals surface area (Å²) in [5, 5.41) is 8.09. The summed E-state index contributed by atoms with van der Waals surface area (Å²) in [6, 6.07) is 55.2. The van der Waals surface area contributed by atoms with Gasteiger partial charge in [-0.15, -0.1) is 0 Å². The van der Waals surface area contributed by atoms with Crippen LogP contribution in [0.3, 0.4) is 0 Å². The van der Waals surface area contributed by atoms with Gasteiger partial charge in [0.15, 0.2) is 0 Å². The molecule has 0 aliphatic heterocycles. The predicted octanol–water partition coefficient (Wildman–Crippen LogP) is 10.5. The van der Waals surface area contributed by atoms with Gasteiger partial charge in [-0.3, -0.25) is 0 Å². The first-order chi connectivity index (χ1) is 19.8. The second kappa shape index (κ2) is 9.54. The molecule has 7 aromatic carbocycles. The molecule has 0 saturated carbocycles. The molecule has 0 bridgehead atoms. The molecule has 0 amide bonds. The van der Waals surface area contributed by atoms with Crippen LogP contribution in [0.4, 0.5) is 17.1 Å². The molecule has 0 atom stereocenters. The molecule has 8 aromatic rings. The smallest absolute Gasteiger partial charge is 0.0617 e. The Bertz CT molecular complexity index is 2140. The third-order valence-electron chi connectivity index (χ3n) is 7.83. The van der Waals surface area contributed by atoms with E-state index in [2.05, 4.69) is 157 Å². The third kappa shape index (κ3) is 3.77. The van der Waals surface area contributed by atoms with E-state index in [1.54, 1.807) is 0 Å². The Balaban J connectivity index is 1.39. The van der Waals surface area contributed by atoms with Crippen LogP contribution in [0, 0.1) is 0 Å². The summed E-state index contributed by atoms with van der Waals surface area (Å²) in [4.78, 5) is 2.41. The van der Waals surface area contributed by atoms with Crippen molar-refractivity contribution in [3.05, 3.63) is 152 Å². The zero-order valence-electron chi connectivity index (χ0n) is 21.8. The van der Waals surface area contributed by atoms with Crippen LogP contribution in [0.5, 0.6) is 0 Å². The number of fused-ring (bicyclic) bond motifs is 7. The van der Waals surface area contributed by atoms with Crippen molar-refractivity contribution in [2.45, 2.75) is 0 Å². The van der Waals surface area contributed by atoms with Crippen molar-refractivity contribution in [3.63, 3.8) is 0 Å². The van der Waals surface area contributed by atoms with Gasteiger partial charge in [0.2, 0.25) is 0 Å². The first-order valence-electron chi connectivity index (χ1n) is 13.6. The molecule has 0 aliphatic rings. The van der Waals surface area contributed by atoms with E-state index in [1.807, 2.05) is 0 Å². The maximum absolute atomic E-state index is 2.41. The second-order valence-electron chi connectivity index (χ2n) is 10.2. The fourth-order valence-electron chi connectivity index (χ4n) is 5.97. The number of anilines is 3. The van der Waals surface area contributed by atoms with Gasteiger partial charge in [0.25, 0.3) is 0 Å². The first kappa shape index (κ1) is 23.3. The van der Waals surface area contributed by atoms with Crippen LogP contribution in [0.15, 0.2) is 152 Å². The van der Waals surface area contributed by atoms with Crippen molar-refractivity contribution in [2.24, 2.45) is 0 Å². The quantitative estimate of drug-likeness (QED) is 0.149. The van der Waals surface area contributed by atoms with Crippen LogP contribution < -0.4 is 4.90 Å². The summed E-state index contributed by atoms with van der Waals surface area (Å²) in [7, 11) is 0. The fraction of sp³-hybridized carbons (Fsp3) is 0. The van der Waals surface area contributed by atoms with E-state index >= 15 is 0 Å². The SMILES string of the molecule is c1ccc(-c2ccc(N(c3ccccc3)c3cc4ccc5c6ccccc6[se]c5c4c4ccccc34)cc2)cc1. The summed E-state index contributed by atoms with van der Waals surface area (Å²) in [5.41, 5.74) is 5.95. The minimum Gasteiger partial charge on any atom is -0.0617 e. The minimum absolute atomic E-state index is 0.294. The maximum atomic E-state index is 2.41. The van der Waals surface area contributed by atoms with Gasteiger partial charge >= 0.3 is 222 Å². The van der Waals surface area contributed by atoms with Crippen LogP contribution >= 0.6 is 0 Å². The zero-order chi connectivity index (χ0) is 26.5. The minimum atomic E-state index is 0.294. The van der Waals surface area contributed by atoms with Gasteiger partial charge in [0, 0.05) is 0 Å². The van der Waals surface area contributed by atoms with Gasteiger partial charge in [0.1, 0.15) is 0 Å². The van der Waals surface area contributed by atoms with Crippen LogP contribution in [0.2, 0.25) is 0 Å². The van der Waals surface area contributed by atoms with E-state index in [9.17, 15) is 0 Å². The monoisotopic (exact) mass is 575 g/mol. The van der Waals surface area contributed by atoms with E-state index in [0.29, 0.717) is 14.5 Å². The molecule has 0 unspecified atom stereocenters. The van der Waals surface area contributed by atoms with Gasteiger partial charge in [-0.05, 0) is 0 Å². The van der Waals surface area contributed by atoms with Crippen molar-refractivity contribution < 1.29 is 0 Å². The molecule has 0 spiro atoms. The molecule has 0 radical (unpaired) electrons. The van der Waals surface area contributed by atoms with Gasteiger partial charge < -0.3 is 0 Å². The van der Waals surface area contributed by atoms with E-state index in [-0.39, 0.29) is 0 Å². The summed E-state index contributed by atoms with van der Waals surface area (Å²) >= 11 is 0.294. The topological polar surface area (TPSA) is 3.24 Å². The summed E-state index contributed by atoms with van der Waals surface area (Å²) in [5.74, 6) is 0. The summed E-state index contributed by atoms with van der Waals surface area (Å²) in [6.07, 6.45) is 0. The Morgan fingerprint density at radius 1 is 0.425 bits per heavy atom. The van der Waals surface area contributed by atoms with Crippen molar-refractivity contribution in [3.8, 4) is 11.1 Å². The van der Waals surface area contributed by atoms with Gasteiger partial charge in [-0.1, -0.05) is 18.2 Å². The van der Waals surface area contributed by atoms with Crippen LogP contribution in [-0.4, -0.2) is 14.5 Å². The molecule has 2 heteroatoms. The second-order valence-corrected chi connectivity index (χ2v) is 12.4. The number of benzene rings is 7. The molecule has 1 heterocycles. The molecular formula is C38H25NSe. The standard InChI is InChI=1S/C38H25NSe/c1-3-11-26(12-4-1)27-19-22-30(23-20-27)39(29-13-5-2-6-14-29)35-25-28-21-24-34-32-16-9-10-18-36(32)40-38(34)37(28)33-17-8-7-15-31(33)35/h1-25H. The van der Waals surface area contributed by atoms with Crippen molar-refractivity contribution in [1.82, 2.24) is 0 Å². The molecule has 0 fully saturated rings. The summed E-state index contributed by atoms with van der Waals surface area (Å²) < 4.78 is 2.99. The molecular weight excluding hydrogens is 549 g/mol. The van der Waals surface area contributed by atoms with E-state index in [4.69, 9.17) is 0 Å². The molecule has 8 rings (SSSR count). The number of hydrogen-bond acceptors (Lipinski definition) is 1. The van der Waals surface area contributed by atoms with Crippen LogP contribution in [0.1, 0.15) is 0 Å².